The second-order valence-corrected chi connectivity index (χ2v) is 9.36. The van der Waals surface area contributed by atoms with Crippen molar-refractivity contribution in [3.05, 3.63) is 71.6 Å². The molecule has 0 radical (unpaired) electrons. The summed E-state index contributed by atoms with van der Waals surface area (Å²) in [6, 6.07) is 9.37. The zero-order valence-corrected chi connectivity index (χ0v) is 22.3. The number of carbonyl (C=O) groups excluding carboxylic acids is 1. The number of hydrogen-bond acceptors (Lipinski definition) is 2. The molecule has 1 atom stereocenters. The Morgan fingerprint density at radius 2 is 1.79 bits per heavy atom. The second kappa shape index (κ2) is 16.4. The van der Waals surface area contributed by atoms with E-state index >= 15 is 0 Å². The SMILES string of the molecule is CC.CC(=O)N[C@@H](C)CCNC1(c2cccc(C(C)C)c2)CCCCC1.FC1=CC=CCC=C1. The maximum absolute atomic E-state index is 12.2. The summed E-state index contributed by atoms with van der Waals surface area (Å²) >= 11 is 0. The van der Waals surface area contributed by atoms with E-state index in [1.807, 2.05) is 19.9 Å². The van der Waals surface area contributed by atoms with Crippen LogP contribution in [0.1, 0.15) is 104 Å². The monoisotopic (exact) mass is 470 g/mol. The molecule has 0 unspecified atom stereocenters. The molecule has 1 aromatic carbocycles. The van der Waals surface area contributed by atoms with Crippen LogP contribution in [-0.4, -0.2) is 18.5 Å². The van der Waals surface area contributed by atoms with Gasteiger partial charge in [-0.15, -0.1) is 0 Å². The molecule has 2 N–H and O–H groups in total. The summed E-state index contributed by atoms with van der Waals surface area (Å²) in [5.41, 5.74) is 2.98. The van der Waals surface area contributed by atoms with Gasteiger partial charge in [0, 0.05) is 18.5 Å². The molecular weight excluding hydrogens is 423 g/mol. The lowest BCUT2D eigenvalue weighted by Crippen LogP contribution is -2.46. The predicted octanol–water partition coefficient (Wildman–Crippen LogP) is 7.86. The minimum atomic E-state index is -0.168. The predicted molar refractivity (Wildman–Crippen MR) is 145 cm³/mol. The molecule has 0 spiro atoms. The molecule has 0 saturated heterocycles. The molecule has 3 rings (SSSR count). The van der Waals surface area contributed by atoms with Crippen LogP contribution < -0.4 is 10.6 Å². The Bertz CT molecular complexity index is 804. The third-order valence-electron chi connectivity index (χ3n) is 6.24. The number of carbonyl (C=O) groups is 1. The van der Waals surface area contributed by atoms with Crippen LogP contribution in [0.25, 0.3) is 0 Å². The first-order chi connectivity index (χ1) is 16.3. The minimum absolute atomic E-state index is 0.0551. The molecule has 190 valence electrons. The standard InChI is InChI=1S/C21H34N2O.C7H7F.C2H6/c1-16(2)19-9-8-10-20(15-19)21(12-6-5-7-13-21)22-14-11-17(3)23-18(4)24;8-7-5-3-1-2-4-6-7;1-2/h8-10,15-17,22H,5-7,11-14H2,1-4H3,(H,23,24);1,3-6H,2H2;1-2H3/t17-;;/m0../s1. The van der Waals surface area contributed by atoms with E-state index in [0.717, 1.165) is 19.4 Å². The average molecular weight is 471 g/mol. The first-order valence-corrected chi connectivity index (χ1v) is 13.1. The highest BCUT2D eigenvalue weighted by Crippen LogP contribution is 2.38. The van der Waals surface area contributed by atoms with Crippen molar-refractivity contribution in [3.63, 3.8) is 0 Å². The number of benzene rings is 1. The van der Waals surface area contributed by atoms with Crippen LogP contribution in [0.15, 0.2) is 60.5 Å². The number of halogens is 1. The van der Waals surface area contributed by atoms with Crippen LogP contribution >= 0.6 is 0 Å². The van der Waals surface area contributed by atoms with Gasteiger partial charge in [-0.3, -0.25) is 4.79 Å². The van der Waals surface area contributed by atoms with Crippen LogP contribution in [0.4, 0.5) is 4.39 Å². The first-order valence-electron chi connectivity index (χ1n) is 13.1. The molecule has 1 fully saturated rings. The van der Waals surface area contributed by atoms with E-state index < -0.39 is 0 Å². The lowest BCUT2D eigenvalue weighted by atomic mass is 9.75. The molecule has 1 saturated carbocycles. The number of nitrogens with one attached hydrogen (secondary N) is 2. The highest BCUT2D eigenvalue weighted by Gasteiger charge is 2.33. The van der Waals surface area contributed by atoms with Crippen LogP contribution in [0.5, 0.6) is 0 Å². The zero-order valence-electron chi connectivity index (χ0n) is 22.3. The fourth-order valence-electron chi connectivity index (χ4n) is 4.42. The fraction of sp³-hybridized carbons (Fsp3) is 0.567. The summed E-state index contributed by atoms with van der Waals surface area (Å²) in [7, 11) is 0. The lowest BCUT2D eigenvalue weighted by molar-refractivity contribution is -0.119. The molecule has 34 heavy (non-hydrogen) atoms. The zero-order chi connectivity index (χ0) is 25.4. The molecule has 1 amide bonds. The third-order valence-corrected chi connectivity index (χ3v) is 6.24. The van der Waals surface area contributed by atoms with Gasteiger partial charge in [0.25, 0.3) is 0 Å². The summed E-state index contributed by atoms with van der Waals surface area (Å²) in [5.74, 6) is 0.448. The van der Waals surface area contributed by atoms with Gasteiger partial charge in [0.1, 0.15) is 5.83 Å². The molecule has 2 aliphatic rings. The van der Waals surface area contributed by atoms with Gasteiger partial charge in [0.05, 0.1) is 0 Å². The highest BCUT2D eigenvalue weighted by atomic mass is 19.1. The Kier molecular flexibility index (Phi) is 14.4. The van der Waals surface area contributed by atoms with Gasteiger partial charge in [-0.25, -0.2) is 4.39 Å². The molecule has 0 heterocycles. The number of hydrogen-bond donors (Lipinski definition) is 2. The third kappa shape index (κ3) is 10.8. The Morgan fingerprint density at radius 3 is 2.44 bits per heavy atom. The number of allylic oxidation sites excluding steroid dienone is 6. The summed E-state index contributed by atoms with van der Waals surface area (Å²) < 4.78 is 12.2. The molecule has 1 aromatic rings. The number of amides is 1. The van der Waals surface area contributed by atoms with E-state index in [4.69, 9.17) is 0 Å². The molecule has 4 heteroatoms. The van der Waals surface area contributed by atoms with E-state index in [1.54, 1.807) is 19.1 Å². The van der Waals surface area contributed by atoms with Crippen molar-refractivity contribution < 1.29 is 9.18 Å². The summed E-state index contributed by atoms with van der Waals surface area (Å²) in [5, 5.41) is 6.85. The summed E-state index contributed by atoms with van der Waals surface area (Å²) in [4.78, 5) is 11.2. The smallest absolute Gasteiger partial charge is 0.217 e. The Balaban J connectivity index is 0.000000483. The van der Waals surface area contributed by atoms with Crippen LogP contribution in [0, 0.1) is 0 Å². The van der Waals surface area contributed by atoms with Crippen LogP contribution in [-0.2, 0) is 10.3 Å². The molecule has 2 aliphatic carbocycles. The van der Waals surface area contributed by atoms with E-state index in [0.29, 0.717) is 5.92 Å². The van der Waals surface area contributed by atoms with Gasteiger partial charge in [-0.1, -0.05) is 89.5 Å². The molecule has 0 aliphatic heterocycles. The topological polar surface area (TPSA) is 41.1 Å². The van der Waals surface area contributed by atoms with E-state index in [1.165, 1.54) is 55.4 Å². The maximum atomic E-state index is 12.2. The molecule has 0 aromatic heterocycles. The first kappa shape index (κ1) is 29.8. The Hall–Kier alpha value is -2.20. The van der Waals surface area contributed by atoms with E-state index in [9.17, 15) is 9.18 Å². The average Bonchev–Trinajstić information content (AvgIpc) is 3.08. The van der Waals surface area contributed by atoms with E-state index in [-0.39, 0.29) is 23.3 Å². The van der Waals surface area contributed by atoms with Crippen molar-refractivity contribution in [2.75, 3.05) is 6.54 Å². The Morgan fingerprint density at radius 1 is 1.09 bits per heavy atom. The van der Waals surface area contributed by atoms with Gasteiger partial charge in [0.15, 0.2) is 0 Å². The lowest BCUT2D eigenvalue weighted by Gasteiger charge is -2.39. The summed E-state index contributed by atoms with van der Waals surface area (Å²) in [6.07, 6.45) is 16.5. The summed E-state index contributed by atoms with van der Waals surface area (Å²) in [6.45, 7) is 13.1. The largest absolute Gasteiger partial charge is 0.354 e. The fourth-order valence-corrected chi connectivity index (χ4v) is 4.42. The van der Waals surface area contributed by atoms with Crippen LogP contribution in [0.3, 0.4) is 0 Å². The van der Waals surface area contributed by atoms with Crippen LogP contribution in [0.2, 0.25) is 0 Å². The maximum Gasteiger partial charge on any atom is 0.217 e. The van der Waals surface area contributed by atoms with Gasteiger partial charge >= 0.3 is 0 Å². The van der Waals surface area contributed by atoms with Crippen molar-refractivity contribution in [3.8, 4) is 0 Å². The molecule has 3 nitrogen and oxygen atoms in total. The number of rotatable bonds is 7. The molecular formula is C30H47FN2O. The van der Waals surface area contributed by atoms with Gasteiger partial charge < -0.3 is 10.6 Å². The normalized spacial score (nSPS) is 17.4. The van der Waals surface area contributed by atoms with Crippen molar-refractivity contribution in [1.29, 1.82) is 0 Å². The van der Waals surface area contributed by atoms with Gasteiger partial charge in [0.2, 0.25) is 5.91 Å². The van der Waals surface area contributed by atoms with Crippen molar-refractivity contribution in [1.82, 2.24) is 10.6 Å². The van der Waals surface area contributed by atoms with Gasteiger partial charge in [-0.05, 0) is 68.3 Å². The quantitative estimate of drug-likeness (QED) is 0.426. The molecule has 0 bridgehead atoms. The van der Waals surface area contributed by atoms with Crippen molar-refractivity contribution in [2.45, 2.75) is 104 Å². The minimum Gasteiger partial charge on any atom is -0.354 e. The van der Waals surface area contributed by atoms with Crippen molar-refractivity contribution in [2.24, 2.45) is 0 Å². The highest BCUT2D eigenvalue weighted by molar-refractivity contribution is 5.73. The van der Waals surface area contributed by atoms with Crippen molar-refractivity contribution >= 4 is 5.91 Å². The van der Waals surface area contributed by atoms with Gasteiger partial charge in [-0.2, -0.15) is 0 Å². The van der Waals surface area contributed by atoms with E-state index in [2.05, 4.69) is 55.7 Å². The Labute approximate surface area is 208 Å². The second-order valence-electron chi connectivity index (χ2n) is 9.36.